The summed E-state index contributed by atoms with van der Waals surface area (Å²) in [5.41, 5.74) is 0.181. The predicted molar refractivity (Wildman–Crippen MR) is 79.6 cm³/mol. The summed E-state index contributed by atoms with van der Waals surface area (Å²) in [6.07, 6.45) is 6.77. The molecule has 1 amide bonds. The Morgan fingerprint density at radius 2 is 1.85 bits per heavy atom. The first kappa shape index (κ1) is 14.2. The molecule has 0 radical (unpaired) electrons. The lowest BCUT2D eigenvalue weighted by Crippen LogP contribution is -2.57. The Morgan fingerprint density at radius 3 is 2.55 bits per heavy atom. The molecule has 0 spiro atoms. The number of nitrogens with one attached hydrogen (secondary N) is 1. The average Bonchev–Trinajstić information content (AvgIpc) is 3.11. The van der Waals surface area contributed by atoms with Crippen LogP contribution >= 0.6 is 0 Å². The van der Waals surface area contributed by atoms with Gasteiger partial charge in [0.1, 0.15) is 0 Å². The molecule has 7 atom stereocenters. The summed E-state index contributed by atoms with van der Waals surface area (Å²) >= 11 is 0. The van der Waals surface area contributed by atoms with Gasteiger partial charge in [-0.2, -0.15) is 0 Å². The molecule has 0 bridgehead atoms. The van der Waals surface area contributed by atoms with Crippen LogP contribution in [0.4, 0.5) is 4.79 Å². The van der Waals surface area contributed by atoms with Crippen LogP contribution in [0.1, 0.15) is 59.3 Å². The van der Waals surface area contributed by atoms with Gasteiger partial charge in [-0.1, -0.05) is 40.0 Å². The van der Waals surface area contributed by atoms with Crippen LogP contribution in [0.2, 0.25) is 0 Å². The summed E-state index contributed by atoms with van der Waals surface area (Å²) in [7, 11) is 0. The van der Waals surface area contributed by atoms with Crippen LogP contribution in [-0.4, -0.2) is 17.2 Å². The molecule has 3 nitrogen and oxygen atoms in total. The van der Waals surface area contributed by atoms with Gasteiger partial charge < -0.3 is 10.4 Å². The van der Waals surface area contributed by atoms with E-state index in [4.69, 9.17) is 0 Å². The highest BCUT2D eigenvalue weighted by molar-refractivity contribution is 5.65. The fourth-order valence-electron chi connectivity index (χ4n) is 6.03. The van der Waals surface area contributed by atoms with E-state index < -0.39 is 6.09 Å². The van der Waals surface area contributed by atoms with Gasteiger partial charge in [-0.3, -0.25) is 0 Å². The van der Waals surface area contributed by atoms with Crippen molar-refractivity contribution < 1.29 is 9.90 Å². The smallest absolute Gasteiger partial charge is 0.404 e. The molecule has 3 aliphatic rings. The SMILES string of the molecule is CC1CCCC2CC2C2(C)C(NC(=O)O)CCC(C)C12. The van der Waals surface area contributed by atoms with Crippen molar-refractivity contribution in [2.24, 2.45) is 35.0 Å². The van der Waals surface area contributed by atoms with Gasteiger partial charge in [0.05, 0.1) is 0 Å². The number of rotatable bonds is 1. The van der Waals surface area contributed by atoms with Gasteiger partial charge in [-0.25, -0.2) is 4.79 Å². The standard InChI is InChI=1S/C17H29NO2/c1-10-5-4-6-12-9-13(12)17(3)14(18-16(19)20)8-7-11(2)15(10)17/h10-15,18H,4-9H2,1-3H3,(H,19,20). The molecule has 20 heavy (non-hydrogen) atoms. The zero-order valence-electron chi connectivity index (χ0n) is 13.1. The fraction of sp³-hybridized carbons (Fsp3) is 0.941. The largest absolute Gasteiger partial charge is 0.465 e. The average molecular weight is 279 g/mol. The van der Waals surface area contributed by atoms with E-state index >= 15 is 0 Å². The first-order valence-corrected chi connectivity index (χ1v) is 8.44. The summed E-state index contributed by atoms with van der Waals surface area (Å²) in [5, 5.41) is 12.1. The van der Waals surface area contributed by atoms with Gasteiger partial charge in [-0.15, -0.1) is 0 Å². The lowest BCUT2D eigenvalue weighted by molar-refractivity contribution is -0.0351. The zero-order chi connectivity index (χ0) is 14.5. The first-order valence-electron chi connectivity index (χ1n) is 8.44. The molecule has 2 N–H and O–H groups in total. The summed E-state index contributed by atoms with van der Waals surface area (Å²) in [4.78, 5) is 11.2. The van der Waals surface area contributed by atoms with Crippen molar-refractivity contribution in [2.45, 2.75) is 65.3 Å². The highest BCUT2D eigenvalue weighted by atomic mass is 16.4. The summed E-state index contributed by atoms with van der Waals surface area (Å²) in [6.45, 7) is 7.21. The lowest BCUT2D eigenvalue weighted by atomic mass is 9.53. The highest BCUT2D eigenvalue weighted by Gasteiger charge is 2.60. The molecule has 0 aromatic heterocycles. The Hall–Kier alpha value is -0.730. The van der Waals surface area contributed by atoms with Crippen LogP contribution in [-0.2, 0) is 0 Å². The molecule has 3 fully saturated rings. The van der Waals surface area contributed by atoms with Crippen LogP contribution in [0.5, 0.6) is 0 Å². The molecule has 0 aromatic carbocycles. The molecule has 3 heteroatoms. The van der Waals surface area contributed by atoms with Crippen LogP contribution in [0.25, 0.3) is 0 Å². The minimum Gasteiger partial charge on any atom is -0.465 e. The second-order valence-electron chi connectivity index (χ2n) is 7.96. The Bertz CT molecular complexity index is 396. The maximum atomic E-state index is 11.2. The van der Waals surface area contributed by atoms with Crippen molar-refractivity contribution >= 4 is 6.09 Å². The quantitative estimate of drug-likeness (QED) is 0.758. The molecule has 0 saturated heterocycles. The number of hydrogen-bond donors (Lipinski definition) is 2. The van der Waals surface area contributed by atoms with Gasteiger partial charge in [-0.05, 0) is 54.3 Å². The van der Waals surface area contributed by atoms with Crippen LogP contribution in [0.3, 0.4) is 0 Å². The molecule has 0 heterocycles. The third kappa shape index (κ3) is 2.14. The number of carbonyl (C=O) groups is 1. The second kappa shape index (κ2) is 4.92. The Balaban J connectivity index is 1.94. The molecule has 0 aromatic rings. The van der Waals surface area contributed by atoms with Crippen LogP contribution in [0.15, 0.2) is 0 Å². The lowest BCUT2D eigenvalue weighted by Gasteiger charge is -2.54. The van der Waals surface area contributed by atoms with E-state index in [0.717, 1.165) is 30.1 Å². The van der Waals surface area contributed by atoms with E-state index in [9.17, 15) is 9.90 Å². The van der Waals surface area contributed by atoms with E-state index in [1.54, 1.807) is 0 Å². The predicted octanol–water partition coefficient (Wildman–Crippen LogP) is 4.13. The monoisotopic (exact) mass is 279 g/mol. The van der Waals surface area contributed by atoms with Crippen molar-refractivity contribution in [1.82, 2.24) is 5.32 Å². The van der Waals surface area contributed by atoms with E-state index in [0.29, 0.717) is 5.92 Å². The molecular weight excluding hydrogens is 250 g/mol. The van der Waals surface area contributed by atoms with E-state index in [1.807, 2.05) is 0 Å². The Labute approximate surface area is 122 Å². The molecule has 3 aliphatic carbocycles. The highest BCUT2D eigenvalue weighted by Crippen LogP contribution is 2.64. The maximum absolute atomic E-state index is 11.2. The molecule has 7 unspecified atom stereocenters. The molecule has 3 rings (SSSR count). The van der Waals surface area contributed by atoms with Gasteiger partial charge >= 0.3 is 6.09 Å². The minimum atomic E-state index is -0.837. The third-order valence-corrected chi connectivity index (χ3v) is 6.86. The van der Waals surface area contributed by atoms with Gasteiger partial charge in [0.25, 0.3) is 0 Å². The molecule has 0 aliphatic heterocycles. The molecule has 3 saturated carbocycles. The number of amides is 1. The molecule has 114 valence electrons. The van der Waals surface area contributed by atoms with Gasteiger partial charge in [0.2, 0.25) is 0 Å². The summed E-state index contributed by atoms with van der Waals surface area (Å²) in [6, 6.07) is 0.164. The number of carboxylic acid groups (broad SMARTS) is 1. The molecular formula is C17H29NO2. The van der Waals surface area contributed by atoms with Crippen molar-refractivity contribution in [1.29, 1.82) is 0 Å². The summed E-state index contributed by atoms with van der Waals surface area (Å²) < 4.78 is 0. The van der Waals surface area contributed by atoms with Crippen molar-refractivity contribution in [3.05, 3.63) is 0 Å². The van der Waals surface area contributed by atoms with E-state index in [1.165, 1.54) is 32.1 Å². The minimum absolute atomic E-state index is 0.164. The van der Waals surface area contributed by atoms with Crippen molar-refractivity contribution in [3.63, 3.8) is 0 Å². The van der Waals surface area contributed by atoms with E-state index in [2.05, 4.69) is 26.1 Å². The van der Waals surface area contributed by atoms with Crippen LogP contribution in [0, 0.1) is 35.0 Å². The topological polar surface area (TPSA) is 49.3 Å². The van der Waals surface area contributed by atoms with E-state index in [-0.39, 0.29) is 11.5 Å². The normalized spacial score (nSPS) is 51.1. The van der Waals surface area contributed by atoms with Crippen molar-refractivity contribution in [2.75, 3.05) is 0 Å². The van der Waals surface area contributed by atoms with Gasteiger partial charge in [0, 0.05) is 6.04 Å². The Kier molecular flexibility index (Phi) is 3.50. The zero-order valence-corrected chi connectivity index (χ0v) is 13.1. The number of fused-ring (bicyclic) bond motifs is 3. The van der Waals surface area contributed by atoms with Gasteiger partial charge in [0.15, 0.2) is 0 Å². The Morgan fingerprint density at radius 1 is 1.15 bits per heavy atom. The maximum Gasteiger partial charge on any atom is 0.404 e. The second-order valence-corrected chi connectivity index (χ2v) is 7.96. The third-order valence-electron chi connectivity index (χ3n) is 6.86. The van der Waals surface area contributed by atoms with Crippen molar-refractivity contribution in [3.8, 4) is 0 Å². The summed E-state index contributed by atoms with van der Waals surface area (Å²) in [5.74, 6) is 3.78. The first-order chi connectivity index (χ1) is 9.44. The van der Waals surface area contributed by atoms with Crippen LogP contribution < -0.4 is 5.32 Å². The fourth-order valence-corrected chi connectivity index (χ4v) is 6.03. The number of hydrogen-bond acceptors (Lipinski definition) is 1.